The third-order valence-electron chi connectivity index (χ3n) is 2.89. The Balaban J connectivity index is 2.23. The van der Waals surface area contributed by atoms with Crippen molar-refractivity contribution in [3.8, 4) is 0 Å². The van der Waals surface area contributed by atoms with Gasteiger partial charge in [0.1, 0.15) is 0 Å². The van der Waals surface area contributed by atoms with Crippen molar-refractivity contribution in [1.29, 1.82) is 0 Å². The zero-order valence-corrected chi connectivity index (χ0v) is 10.3. The molecule has 2 N–H and O–H groups in total. The fourth-order valence-electron chi connectivity index (χ4n) is 1.85. The first kappa shape index (κ1) is 13.8. The highest BCUT2D eigenvalue weighted by Crippen LogP contribution is 2.11. The van der Waals surface area contributed by atoms with Crippen LogP contribution < -0.4 is 5.32 Å². The molecule has 17 heavy (non-hydrogen) atoms. The van der Waals surface area contributed by atoms with Crippen LogP contribution in [-0.2, 0) is 9.53 Å². The molecular weight excluding hydrogens is 224 g/mol. The molecule has 6 nitrogen and oxygen atoms in total. The second-order valence-corrected chi connectivity index (χ2v) is 4.48. The molecule has 0 aromatic heterocycles. The minimum Gasteiger partial charge on any atom is -0.481 e. The molecule has 1 aliphatic rings. The molecular formula is C11H20N2O4. The first-order valence-electron chi connectivity index (χ1n) is 5.80. The third-order valence-corrected chi connectivity index (χ3v) is 2.89. The molecule has 1 rings (SSSR count). The van der Waals surface area contributed by atoms with E-state index in [-0.39, 0.29) is 24.5 Å². The van der Waals surface area contributed by atoms with E-state index in [0.29, 0.717) is 19.6 Å². The summed E-state index contributed by atoms with van der Waals surface area (Å²) >= 11 is 0. The summed E-state index contributed by atoms with van der Waals surface area (Å²) in [6, 6.07) is -0.137. The predicted molar refractivity (Wildman–Crippen MR) is 61.8 cm³/mol. The summed E-state index contributed by atoms with van der Waals surface area (Å²) in [6.07, 6.45) is 1.05. The van der Waals surface area contributed by atoms with Crippen molar-refractivity contribution in [3.63, 3.8) is 0 Å². The monoisotopic (exact) mass is 244 g/mol. The number of likely N-dealkylation sites (tertiary alicyclic amines) is 1. The van der Waals surface area contributed by atoms with Crippen LogP contribution in [0.1, 0.15) is 19.8 Å². The van der Waals surface area contributed by atoms with E-state index in [1.807, 2.05) is 0 Å². The van der Waals surface area contributed by atoms with Gasteiger partial charge in [-0.2, -0.15) is 0 Å². The molecule has 0 radical (unpaired) electrons. The summed E-state index contributed by atoms with van der Waals surface area (Å²) in [7, 11) is 1.64. The number of ether oxygens (including phenoxy) is 1. The SMILES string of the molecule is COC1CCN(C(=O)NCC(C)CC(=O)O)C1. The first-order valence-corrected chi connectivity index (χ1v) is 5.80. The zero-order chi connectivity index (χ0) is 12.8. The summed E-state index contributed by atoms with van der Waals surface area (Å²) in [5.74, 6) is -0.898. The Hall–Kier alpha value is -1.30. The minimum atomic E-state index is -0.840. The van der Waals surface area contributed by atoms with Crippen molar-refractivity contribution < 1.29 is 19.4 Å². The summed E-state index contributed by atoms with van der Waals surface area (Å²) < 4.78 is 5.17. The zero-order valence-electron chi connectivity index (χ0n) is 10.3. The maximum atomic E-state index is 11.7. The minimum absolute atomic E-state index is 0.0581. The Labute approximate surface area is 101 Å². The molecule has 2 amide bonds. The Morgan fingerprint density at radius 3 is 2.82 bits per heavy atom. The number of methoxy groups -OCH3 is 1. The number of hydrogen-bond donors (Lipinski definition) is 2. The number of nitrogens with zero attached hydrogens (tertiary/aromatic N) is 1. The van der Waals surface area contributed by atoms with E-state index in [1.54, 1.807) is 18.9 Å². The van der Waals surface area contributed by atoms with Gasteiger partial charge in [-0.3, -0.25) is 4.79 Å². The lowest BCUT2D eigenvalue weighted by Crippen LogP contribution is -2.41. The van der Waals surface area contributed by atoms with Crippen LogP contribution in [0.25, 0.3) is 0 Å². The summed E-state index contributed by atoms with van der Waals surface area (Å²) in [5.41, 5.74) is 0. The Bertz CT molecular complexity index is 283. The van der Waals surface area contributed by atoms with Gasteiger partial charge in [-0.15, -0.1) is 0 Å². The molecule has 0 bridgehead atoms. The lowest BCUT2D eigenvalue weighted by atomic mass is 10.1. The van der Waals surface area contributed by atoms with Crippen LogP contribution in [0.15, 0.2) is 0 Å². The number of amides is 2. The van der Waals surface area contributed by atoms with Crippen LogP contribution in [0, 0.1) is 5.92 Å². The molecule has 6 heteroatoms. The maximum Gasteiger partial charge on any atom is 0.317 e. The molecule has 0 spiro atoms. The van der Waals surface area contributed by atoms with E-state index in [4.69, 9.17) is 9.84 Å². The molecule has 2 atom stereocenters. The number of carboxylic acid groups (broad SMARTS) is 1. The molecule has 0 aliphatic carbocycles. The Morgan fingerprint density at radius 1 is 1.59 bits per heavy atom. The van der Waals surface area contributed by atoms with Gasteiger partial charge < -0.3 is 20.1 Å². The van der Waals surface area contributed by atoms with Crippen LogP contribution in [0.2, 0.25) is 0 Å². The van der Waals surface area contributed by atoms with Crippen molar-refractivity contribution in [2.45, 2.75) is 25.9 Å². The number of urea groups is 1. The normalized spacial score (nSPS) is 21.3. The smallest absolute Gasteiger partial charge is 0.317 e. The molecule has 2 unspecified atom stereocenters. The van der Waals surface area contributed by atoms with E-state index < -0.39 is 5.97 Å². The second-order valence-electron chi connectivity index (χ2n) is 4.48. The number of carbonyl (C=O) groups is 2. The lowest BCUT2D eigenvalue weighted by molar-refractivity contribution is -0.137. The molecule has 1 saturated heterocycles. The van der Waals surface area contributed by atoms with E-state index in [1.165, 1.54) is 0 Å². The number of carbonyl (C=O) groups excluding carboxylic acids is 1. The van der Waals surface area contributed by atoms with Gasteiger partial charge in [0, 0.05) is 33.2 Å². The van der Waals surface area contributed by atoms with Crippen molar-refractivity contribution in [2.24, 2.45) is 5.92 Å². The summed E-state index contributed by atoms with van der Waals surface area (Å²) in [4.78, 5) is 23.9. The third kappa shape index (κ3) is 4.60. The average Bonchev–Trinajstić information content (AvgIpc) is 2.73. The number of carboxylic acids is 1. The van der Waals surface area contributed by atoms with E-state index in [9.17, 15) is 9.59 Å². The van der Waals surface area contributed by atoms with E-state index in [0.717, 1.165) is 6.42 Å². The first-order chi connectivity index (χ1) is 8.02. The highest BCUT2D eigenvalue weighted by atomic mass is 16.5. The van der Waals surface area contributed by atoms with Crippen LogP contribution >= 0.6 is 0 Å². The predicted octanol–water partition coefficient (Wildman–Crippen LogP) is 0.527. The van der Waals surface area contributed by atoms with Gasteiger partial charge in [0.25, 0.3) is 0 Å². The van der Waals surface area contributed by atoms with Gasteiger partial charge in [0.05, 0.1) is 6.10 Å². The molecule has 0 saturated carbocycles. The maximum absolute atomic E-state index is 11.7. The molecule has 98 valence electrons. The van der Waals surface area contributed by atoms with Crippen LogP contribution in [0.5, 0.6) is 0 Å². The Morgan fingerprint density at radius 2 is 2.29 bits per heavy atom. The van der Waals surface area contributed by atoms with Gasteiger partial charge in [-0.1, -0.05) is 6.92 Å². The van der Waals surface area contributed by atoms with Gasteiger partial charge >= 0.3 is 12.0 Å². The molecule has 0 aromatic carbocycles. The molecule has 1 fully saturated rings. The molecule has 1 heterocycles. The second kappa shape index (κ2) is 6.44. The van der Waals surface area contributed by atoms with Crippen molar-refractivity contribution in [2.75, 3.05) is 26.7 Å². The van der Waals surface area contributed by atoms with Crippen molar-refractivity contribution >= 4 is 12.0 Å². The number of aliphatic carboxylic acids is 1. The quantitative estimate of drug-likeness (QED) is 0.739. The fourth-order valence-corrected chi connectivity index (χ4v) is 1.85. The topological polar surface area (TPSA) is 78.9 Å². The average molecular weight is 244 g/mol. The summed E-state index contributed by atoms with van der Waals surface area (Å²) in [5, 5.41) is 11.3. The standard InChI is InChI=1S/C11H20N2O4/c1-8(5-10(14)15)6-12-11(16)13-4-3-9(7-13)17-2/h8-9H,3-7H2,1-2H3,(H,12,16)(H,14,15). The summed E-state index contributed by atoms with van der Waals surface area (Å²) in [6.45, 7) is 3.49. The van der Waals surface area contributed by atoms with Crippen molar-refractivity contribution in [3.05, 3.63) is 0 Å². The highest BCUT2D eigenvalue weighted by Gasteiger charge is 2.25. The number of rotatable bonds is 5. The van der Waals surface area contributed by atoms with Gasteiger partial charge in [0.15, 0.2) is 0 Å². The molecule has 1 aliphatic heterocycles. The number of nitrogens with one attached hydrogen (secondary N) is 1. The van der Waals surface area contributed by atoms with Gasteiger partial charge in [-0.25, -0.2) is 4.79 Å². The van der Waals surface area contributed by atoms with Gasteiger partial charge in [-0.05, 0) is 12.3 Å². The van der Waals surface area contributed by atoms with Crippen molar-refractivity contribution in [1.82, 2.24) is 10.2 Å². The van der Waals surface area contributed by atoms with Crippen LogP contribution in [0.4, 0.5) is 4.79 Å². The number of hydrogen-bond acceptors (Lipinski definition) is 3. The Kier molecular flexibility index (Phi) is 5.21. The van der Waals surface area contributed by atoms with Gasteiger partial charge in [0.2, 0.25) is 0 Å². The lowest BCUT2D eigenvalue weighted by Gasteiger charge is -2.18. The largest absolute Gasteiger partial charge is 0.481 e. The van der Waals surface area contributed by atoms with E-state index >= 15 is 0 Å². The highest BCUT2D eigenvalue weighted by molar-refractivity contribution is 5.74. The van der Waals surface area contributed by atoms with E-state index in [2.05, 4.69) is 5.32 Å². The molecule has 0 aromatic rings. The fraction of sp³-hybridized carbons (Fsp3) is 0.818. The van der Waals surface area contributed by atoms with Crippen LogP contribution in [-0.4, -0.2) is 54.9 Å². The van der Waals surface area contributed by atoms with Crippen LogP contribution in [0.3, 0.4) is 0 Å².